The van der Waals surface area contributed by atoms with E-state index in [1.54, 1.807) is 0 Å². The summed E-state index contributed by atoms with van der Waals surface area (Å²) in [6.45, 7) is 4.62. The number of esters is 1. The Labute approximate surface area is 107 Å². The molecule has 94 valence electrons. The van der Waals surface area contributed by atoms with Crippen molar-refractivity contribution in [2.75, 3.05) is 25.6 Å². The molecule has 17 heavy (non-hydrogen) atoms. The third-order valence-electron chi connectivity index (χ3n) is 2.66. The van der Waals surface area contributed by atoms with Gasteiger partial charge in [-0.25, -0.2) is 0 Å². The number of carbonyl (C=O) groups is 1. The van der Waals surface area contributed by atoms with Crippen molar-refractivity contribution in [1.29, 1.82) is 0 Å². The summed E-state index contributed by atoms with van der Waals surface area (Å²) in [5.74, 6) is -0.210. The molecule has 0 amide bonds. The van der Waals surface area contributed by atoms with Gasteiger partial charge in [0.1, 0.15) is 0 Å². The van der Waals surface area contributed by atoms with Crippen LogP contribution in [0.4, 0.5) is 5.69 Å². The molecule has 0 aliphatic rings. The van der Waals surface area contributed by atoms with E-state index in [0.717, 1.165) is 21.8 Å². The molecule has 1 rings (SSSR count). The maximum absolute atomic E-state index is 11.1. The third kappa shape index (κ3) is 3.63. The molecule has 0 fully saturated rings. The van der Waals surface area contributed by atoms with Crippen molar-refractivity contribution in [3.05, 3.63) is 28.3 Å². The third-order valence-corrected chi connectivity index (χ3v) is 2.95. The molecule has 0 saturated carbocycles. The van der Waals surface area contributed by atoms with Gasteiger partial charge in [0.05, 0.1) is 24.2 Å². The minimum Gasteiger partial charge on any atom is -0.469 e. The monoisotopic (exact) mass is 255 g/mol. The van der Waals surface area contributed by atoms with Crippen LogP contribution in [0, 0.1) is 13.8 Å². The molecule has 1 aromatic rings. The Morgan fingerprint density at radius 2 is 2.06 bits per heavy atom. The van der Waals surface area contributed by atoms with Crippen LogP contribution in [0.1, 0.15) is 17.5 Å². The van der Waals surface area contributed by atoms with Gasteiger partial charge in [0.25, 0.3) is 0 Å². The second kappa shape index (κ2) is 5.92. The maximum Gasteiger partial charge on any atom is 0.307 e. The molecule has 0 aliphatic heterocycles. The summed E-state index contributed by atoms with van der Waals surface area (Å²) >= 11 is 6.22. The minimum absolute atomic E-state index is 0.210. The van der Waals surface area contributed by atoms with Gasteiger partial charge in [-0.1, -0.05) is 17.7 Å². The number of halogens is 1. The van der Waals surface area contributed by atoms with Gasteiger partial charge >= 0.3 is 5.97 Å². The minimum atomic E-state index is -0.210. The van der Waals surface area contributed by atoms with Crippen molar-refractivity contribution >= 4 is 23.3 Å². The first-order valence-corrected chi connectivity index (χ1v) is 5.88. The van der Waals surface area contributed by atoms with Gasteiger partial charge in [-0.05, 0) is 31.0 Å². The van der Waals surface area contributed by atoms with Crippen molar-refractivity contribution < 1.29 is 9.53 Å². The van der Waals surface area contributed by atoms with Crippen LogP contribution in [0.2, 0.25) is 5.02 Å². The molecule has 0 aliphatic carbocycles. The summed E-state index contributed by atoms with van der Waals surface area (Å²) in [7, 11) is 3.32. The molecule has 0 bridgehead atoms. The van der Waals surface area contributed by atoms with E-state index in [4.69, 9.17) is 11.6 Å². The van der Waals surface area contributed by atoms with Crippen LogP contribution in [0.5, 0.6) is 0 Å². The molecule has 1 aromatic carbocycles. The largest absolute Gasteiger partial charge is 0.469 e. The first-order chi connectivity index (χ1) is 7.95. The number of nitrogens with zero attached hydrogens (tertiary/aromatic N) is 1. The molecule has 0 N–H and O–H groups in total. The lowest BCUT2D eigenvalue weighted by molar-refractivity contribution is -0.140. The van der Waals surface area contributed by atoms with Crippen LogP contribution in [0.3, 0.4) is 0 Å². The highest BCUT2D eigenvalue weighted by molar-refractivity contribution is 6.33. The van der Waals surface area contributed by atoms with Crippen molar-refractivity contribution in [2.45, 2.75) is 20.3 Å². The predicted octanol–water partition coefficient (Wildman–Crippen LogP) is 2.96. The number of benzene rings is 1. The van der Waals surface area contributed by atoms with E-state index >= 15 is 0 Å². The van der Waals surface area contributed by atoms with E-state index < -0.39 is 0 Å². The Hall–Kier alpha value is -1.22. The number of methoxy groups -OCH3 is 1. The summed E-state index contributed by atoms with van der Waals surface area (Å²) < 4.78 is 4.62. The van der Waals surface area contributed by atoms with Crippen molar-refractivity contribution in [3.8, 4) is 0 Å². The number of anilines is 1. The Bertz CT molecular complexity index is 395. The van der Waals surface area contributed by atoms with Crippen LogP contribution >= 0.6 is 11.6 Å². The van der Waals surface area contributed by atoms with E-state index in [1.165, 1.54) is 7.11 Å². The highest BCUT2D eigenvalue weighted by atomic mass is 35.5. The fourth-order valence-corrected chi connectivity index (χ4v) is 2.33. The van der Waals surface area contributed by atoms with Gasteiger partial charge in [0.2, 0.25) is 0 Å². The molecular formula is C13H18ClNO2. The molecule has 0 spiro atoms. The number of rotatable bonds is 4. The zero-order chi connectivity index (χ0) is 13.0. The van der Waals surface area contributed by atoms with E-state index in [0.29, 0.717) is 13.0 Å². The molecule has 4 heteroatoms. The number of carbonyl (C=O) groups excluding carboxylic acids is 1. The molecular weight excluding hydrogens is 238 g/mol. The average Bonchev–Trinajstić information content (AvgIpc) is 2.24. The standard InChI is InChI=1S/C13H18ClNO2/c1-9-7-10(2)13(11(14)8-9)15(3)6-5-12(16)17-4/h7-8H,5-6H2,1-4H3. The van der Waals surface area contributed by atoms with Crippen LogP contribution in [0.15, 0.2) is 12.1 Å². The van der Waals surface area contributed by atoms with Crippen molar-refractivity contribution in [1.82, 2.24) is 0 Å². The Kier molecular flexibility index (Phi) is 4.82. The number of hydrogen-bond acceptors (Lipinski definition) is 3. The fourth-order valence-electron chi connectivity index (χ4n) is 1.86. The zero-order valence-corrected chi connectivity index (χ0v) is 11.5. The smallest absolute Gasteiger partial charge is 0.307 e. The van der Waals surface area contributed by atoms with Gasteiger partial charge in [-0.2, -0.15) is 0 Å². The highest BCUT2D eigenvalue weighted by Crippen LogP contribution is 2.30. The molecule has 0 atom stereocenters. The number of ether oxygens (including phenoxy) is 1. The molecule has 0 unspecified atom stereocenters. The second-order valence-electron chi connectivity index (χ2n) is 4.16. The molecule has 3 nitrogen and oxygen atoms in total. The van der Waals surface area contributed by atoms with E-state index in [1.807, 2.05) is 31.9 Å². The lowest BCUT2D eigenvalue weighted by Gasteiger charge is -2.22. The number of hydrogen-bond donors (Lipinski definition) is 0. The van der Waals surface area contributed by atoms with Gasteiger partial charge in [-0.15, -0.1) is 0 Å². The molecule has 0 heterocycles. The summed E-state index contributed by atoms with van der Waals surface area (Å²) in [6, 6.07) is 4.01. The summed E-state index contributed by atoms with van der Waals surface area (Å²) in [6.07, 6.45) is 0.358. The second-order valence-corrected chi connectivity index (χ2v) is 4.57. The lowest BCUT2D eigenvalue weighted by Crippen LogP contribution is -2.22. The average molecular weight is 256 g/mol. The highest BCUT2D eigenvalue weighted by Gasteiger charge is 2.11. The van der Waals surface area contributed by atoms with E-state index in [2.05, 4.69) is 10.8 Å². The SMILES string of the molecule is COC(=O)CCN(C)c1c(C)cc(C)cc1Cl. The van der Waals surface area contributed by atoms with Crippen LogP contribution in [-0.4, -0.2) is 26.7 Å². The summed E-state index contributed by atoms with van der Waals surface area (Å²) in [4.78, 5) is 13.1. The summed E-state index contributed by atoms with van der Waals surface area (Å²) in [5, 5.41) is 0.717. The molecule has 0 aromatic heterocycles. The molecule has 0 radical (unpaired) electrons. The lowest BCUT2D eigenvalue weighted by atomic mass is 10.1. The van der Waals surface area contributed by atoms with Crippen LogP contribution in [0.25, 0.3) is 0 Å². The zero-order valence-electron chi connectivity index (χ0n) is 10.7. The van der Waals surface area contributed by atoms with Gasteiger partial charge in [-0.3, -0.25) is 4.79 Å². The maximum atomic E-state index is 11.1. The fraction of sp³-hybridized carbons (Fsp3) is 0.462. The van der Waals surface area contributed by atoms with E-state index in [9.17, 15) is 4.79 Å². The van der Waals surface area contributed by atoms with Gasteiger partial charge in [0.15, 0.2) is 0 Å². The first-order valence-electron chi connectivity index (χ1n) is 5.50. The quantitative estimate of drug-likeness (QED) is 0.775. The van der Waals surface area contributed by atoms with Crippen LogP contribution < -0.4 is 4.90 Å². The van der Waals surface area contributed by atoms with Gasteiger partial charge < -0.3 is 9.64 Å². The Morgan fingerprint density at radius 3 is 2.59 bits per heavy atom. The van der Waals surface area contributed by atoms with Gasteiger partial charge in [0, 0.05) is 13.6 Å². The first kappa shape index (κ1) is 13.8. The normalized spacial score (nSPS) is 10.2. The van der Waals surface area contributed by atoms with E-state index in [-0.39, 0.29) is 5.97 Å². The predicted molar refractivity (Wildman–Crippen MR) is 70.8 cm³/mol. The topological polar surface area (TPSA) is 29.5 Å². The molecule has 0 saturated heterocycles. The summed E-state index contributed by atoms with van der Waals surface area (Å²) in [5.41, 5.74) is 3.22. The Balaban J connectivity index is 2.82. The Morgan fingerprint density at radius 1 is 1.41 bits per heavy atom. The van der Waals surface area contributed by atoms with Crippen molar-refractivity contribution in [3.63, 3.8) is 0 Å². The van der Waals surface area contributed by atoms with Crippen molar-refractivity contribution in [2.24, 2.45) is 0 Å². The van der Waals surface area contributed by atoms with Crippen LogP contribution in [-0.2, 0) is 9.53 Å². The number of aryl methyl sites for hydroxylation is 2.